The summed E-state index contributed by atoms with van der Waals surface area (Å²) in [7, 11) is 1.72. The summed E-state index contributed by atoms with van der Waals surface area (Å²) in [6.07, 6.45) is 2.05. The minimum absolute atomic E-state index is 0.0483. The van der Waals surface area contributed by atoms with Crippen LogP contribution < -0.4 is 9.64 Å². The zero-order valence-electron chi connectivity index (χ0n) is 12.4. The molecule has 1 aliphatic heterocycles. The van der Waals surface area contributed by atoms with Crippen molar-refractivity contribution in [1.29, 1.82) is 0 Å². The van der Waals surface area contributed by atoms with Gasteiger partial charge < -0.3 is 14.7 Å². The van der Waals surface area contributed by atoms with E-state index in [0.717, 1.165) is 25.1 Å². The molecule has 3 nitrogen and oxygen atoms in total. The Bertz CT molecular complexity index is 442. The van der Waals surface area contributed by atoms with Crippen LogP contribution in [0.1, 0.15) is 32.3 Å². The van der Waals surface area contributed by atoms with Gasteiger partial charge in [-0.1, -0.05) is 6.07 Å². The van der Waals surface area contributed by atoms with Gasteiger partial charge in [0.25, 0.3) is 0 Å². The third-order valence-corrected chi connectivity index (χ3v) is 4.16. The molecule has 0 bridgehead atoms. The maximum atomic E-state index is 9.38. The Morgan fingerprint density at radius 1 is 1.42 bits per heavy atom. The first-order chi connectivity index (χ1) is 8.97. The SMILES string of the molecule is COc1ccc(C)cc1N1CCC(CO)CC1(C)C. The van der Waals surface area contributed by atoms with E-state index in [1.807, 2.05) is 6.07 Å². The van der Waals surface area contributed by atoms with E-state index < -0.39 is 0 Å². The minimum atomic E-state index is 0.0483. The van der Waals surface area contributed by atoms with Crippen molar-refractivity contribution in [2.24, 2.45) is 5.92 Å². The predicted molar refractivity (Wildman–Crippen MR) is 79.0 cm³/mol. The van der Waals surface area contributed by atoms with Gasteiger partial charge in [-0.15, -0.1) is 0 Å². The van der Waals surface area contributed by atoms with Gasteiger partial charge in [-0.05, 0) is 57.2 Å². The molecule has 1 heterocycles. The average Bonchev–Trinajstić information content (AvgIpc) is 2.37. The molecule has 2 rings (SSSR count). The number of aryl methyl sites for hydroxylation is 1. The number of methoxy groups -OCH3 is 1. The summed E-state index contributed by atoms with van der Waals surface area (Å²) >= 11 is 0. The summed E-state index contributed by atoms with van der Waals surface area (Å²) < 4.78 is 5.51. The van der Waals surface area contributed by atoms with Gasteiger partial charge in [-0.2, -0.15) is 0 Å². The zero-order valence-corrected chi connectivity index (χ0v) is 12.4. The van der Waals surface area contributed by atoms with Crippen LogP contribution >= 0.6 is 0 Å². The van der Waals surface area contributed by atoms with Crippen molar-refractivity contribution in [3.63, 3.8) is 0 Å². The summed E-state index contributed by atoms with van der Waals surface area (Å²) in [6.45, 7) is 7.86. The second kappa shape index (κ2) is 5.41. The van der Waals surface area contributed by atoms with Gasteiger partial charge in [0.15, 0.2) is 0 Å². The van der Waals surface area contributed by atoms with E-state index in [1.165, 1.54) is 11.3 Å². The Kier molecular flexibility index (Phi) is 4.04. The smallest absolute Gasteiger partial charge is 0.142 e. The van der Waals surface area contributed by atoms with E-state index in [-0.39, 0.29) is 5.54 Å². The highest BCUT2D eigenvalue weighted by molar-refractivity contribution is 5.61. The van der Waals surface area contributed by atoms with E-state index in [9.17, 15) is 5.11 Å². The lowest BCUT2D eigenvalue weighted by Crippen LogP contribution is -2.51. The van der Waals surface area contributed by atoms with Gasteiger partial charge in [0.2, 0.25) is 0 Å². The molecule has 1 atom stereocenters. The van der Waals surface area contributed by atoms with Crippen molar-refractivity contribution >= 4 is 5.69 Å². The molecule has 1 fully saturated rings. The lowest BCUT2D eigenvalue weighted by atomic mass is 9.82. The molecule has 1 N–H and O–H groups in total. The second-order valence-corrected chi connectivity index (χ2v) is 6.18. The van der Waals surface area contributed by atoms with Crippen molar-refractivity contribution in [1.82, 2.24) is 0 Å². The first-order valence-corrected chi connectivity index (χ1v) is 7.01. The molecule has 0 spiro atoms. The van der Waals surface area contributed by atoms with Crippen LogP contribution in [0.5, 0.6) is 5.75 Å². The number of nitrogens with zero attached hydrogens (tertiary/aromatic N) is 1. The number of aliphatic hydroxyl groups is 1. The number of hydrogen-bond donors (Lipinski definition) is 1. The van der Waals surface area contributed by atoms with E-state index in [2.05, 4.69) is 37.8 Å². The maximum Gasteiger partial charge on any atom is 0.142 e. The fourth-order valence-electron chi connectivity index (χ4n) is 3.15. The monoisotopic (exact) mass is 263 g/mol. The molecule has 1 unspecified atom stereocenters. The largest absolute Gasteiger partial charge is 0.495 e. The predicted octanol–water partition coefficient (Wildman–Crippen LogP) is 2.99. The number of piperidine rings is 1. The van der Waals surface area contributed by atoms with Crippen molar-refractivity contribution in [2.45, 2.75) is 39.2 Å². The van der Waals surface area contributed by atoms with Crippen LogP contribution in [0.4, 0.5) is 5.69 Å². The molecule has 1 saturated heterocycles. The highest BCUT2D eigenvalue weighted by Gasteiger charge is 2.35. The highest BCUT2D eigenvalue weighted by atomic mass is 16.5. The molecule has 3 heteroatoms. The first kappa shape index (κ1) is 14.2. The van der Waals surface area contributed by atoms with Crippen molar-refractivity contribution in [2.75, 3.05) is 25.2 Å². The average molecular weight is 263 g/mol. The van der Waals surface area contributed by atoms with Gasteiger partial charge in [0.05, 0.1) is 12.8 Å². The van der Waals surface area contributed by atoms with E-state index >= 15 is 0 Å². The summed E-state index contributed by atoms with van der Waals surface area (Å²) in [5.74, 6) is 1.35. The maximum absolute atomic E-state index is 9.38. The third kappa shape index (κ3) is 2.86. The van der Waals surface area contributed by atoms with Crippen LogP contribution in [-0.4, -0.2) is 30.9 Å². The van der Waals surface area contributed by atoms with Crippen molar-refractivity contribution in [3.8, 4) is 5.75 Å². The van der Waals surface area contributed by atoms with E-state index in [4.69, 9.17) is 4.74 Å². The summed E-state index contributed by atoms with van der Waals surface area (Å²) in [5, 5.41) is 9.38. The quantitative estimate of drug-likeness (QED) is 0.910. The zero-order chi connectivity index (χ0) is 14.0. The van der Waals surface area contributed by atoms with E-state index in [0.29, 0.717) is 12.5 Å². The normalized spacial score (nSPS) is 22.4. The molecule has 1 aromatic rings. The van der Waals surface area contributed by atoms with Gasteiger partial charge in [-0.3, -0.25) is 0 Å². The molecule has 0 aliphatic carbocycles. The lowest BCUT2D eigenvalue weighted by Gasteiger charge is -2.47. The number of ether oxygens (including phenoxy) is 1. The number of rotatable bonds is 3. The van der Waals surface area contributed by atoms with Crippen LogP contribution in [0.2, 0.25) is 0 Å². The third-order valence-electron chi connectivity index (χ3n) is 4.16. The molecule has 19 heavy (non-hydrogen) atoms. The Labute approximate surface area is 116 Å². The minimum Gasteiger partial charge on any atom is -0.495 e. The Balaban J connectivity index is 2.33. The number of hydrogen-bond acceptors (Lipinski definition) is 3. The number of aliphatic hydroxyl groups excluding tert-OH is 1. The molecule has 106 valence electrons. The molecule has 0 aromatic heterocycles. The van der Waals surface area contributed by atoms with Crippen LogP contribution in [0.15, 0.2) is 18.2 Å². The molecule has 1 aromatic carbocycles. The van der Waals surface area contributed by atoms with Crippen LogP contribution in [0.25, 0.3) is 0 Å². The number of anilines is 1. The highest BCUT2D eigenvalue weighted by Crippen LogP contribution is 2.39. The van der Waals surface area contributed by atoms with Crippen LogP contribution in [-0.2, 0) is 0 Å². The molecular formula is C16H25NO2. The summed E-state index contributed by atoms with van der Waals surface area (Å²) in [6, 6.07) is 6.31. The summed E-state index contributed by atoms with van der Waals surface area (Å²) in [4.78, 5) is 2.42. The van der Waals surface area contributed by atoms with Gasteiger partial charge >= 0.3 is 0 Å². The first-order valence-electron chi connectivity index (χ1n) is 7.01. The topological polar surface area (TPSA) is 32.7 Å². The molecular weight excluding hydrogens is 238 g/mol. The molecule has 1 aliphatic rings. The Morgan fingerprint density at radius 2 is 2.16 bits per heavy atom. The number of benzene rings is 1. The molecule has 0 amide bonds. The van der Waals surface area contributed by atoms with Crippen LogP contribution in [0.3, 0.4) is 0 Å². The molecule has 0 radical (unpaired) electrons. The van der Waals surface area contributed by atoms with Crippen LogP contribution in [0, 0.1) is 12.8 Å². The van der Waals surface area contributed by atoms with Gasteiger partial charge in [0.1, 0.15) is 5.75 Å². The Morgan fingerprint density at radius 3 is 2.74 bits per heavy atom. The van der Waals surface area contributed by atoms with Crippen molar-refractivity contribution in [3.05, 3.63) is 23.8 Å². The fourth-order valence-corrected chi connectivity index (χ4v) is 3.15. The molecule has 0 saturated carbocycles. The van der Waals surface area contributed by atoms with Gasteiger partial charge in [0, 0.05) is 18.7 Å². The fraction of sp³-hybridized carbons (Fsp3) is 0.625. The summed E-state index contributed by atoms with van der Waals surface area (Å²) in [5.41, 5.74) is 2.46. The Hall–Kier alpha value is -1.22. The van der Waals surface area contributed by atoms with E-state index in [1.54, 1.807) is 7.11 Å². The standard InChI is InChI=1S/C16H25NO2/c1-12-5-6-15(19-4)14(9-12)17-8-7-13(11-18)10-16(17,2)3/h5-6,9,13,18H,7-8,10-11H2,1-4H3. The second-order valence-electron chi connectivity index (χ2n) is 6.18. The van der Waals surface area contributed by atoms with Gasteiger partial charge in [-0.25, -0.2) is 0 Å². The lowest BCUT2D eigenvalue weighted by molar-refractivity contribution is 0.165. The van der Waals surface area contributed by atoms with Crippen molar-refractivity contribution < 1.29 is 9.84 Å².